The molecule has 30 heavy (non-hydrogen) atoms. The number of rotatable bonds is 10. The molecule has 168 valence electrons. The molecule has 7 nitrogen and oxygen atoms in total. The van der Waals surface area contributed by atoms with Crippen molar-refractivity contribution in [1.29, 1.82) is 0 Å². The molecule has 2 unspecified atom stereocenters. The Kier molecular flexibility index (Phi) is 9.24. The van der Waals surface area contributed by atoms with Crippen LogP contribution in [0.25, 0.3) is 0 Å². The first kappa shape index (κ1) is 22.8. The van der Waals surface area contributed by atoms with Gasteiger partial charge in [-0.15, -0.1) is 0 Å². The van der Waals surface area contributed by atoms with E-state index in [1.165, 1.54) is 18.4 Å². The molecule has 1 aromatic carbocycles. The van der Waals surface area contributed by atoms with Crippen LogP contribution >= 0.6 is 0 Å². The van der Waals surface area contributed by atoms with Crippen molar-refractivity contribution in [3.8, 4) is 5.75 Å². The second-order valence-corrected chi connectivity index (χ2v) is 8.13. The molecular weight excluding hydrogens is 380 g/mol. The largest absolute Gasteiger partial charge is 0.497 e. The first-order valence-corrected chi connectivity index (χ1v) is 11.2. The Morgan fingerprint density at radius 3 is 2.57 bits per heavy atom. The van der Waals surface area contributed by atoms with Gasteiger partial charge < -0.3 is 24.4 Å². The van der Waals surface area contributed by atoms with E-state index in [1.807, 2.05) is 7.05 Å². The Balaban J connectivity index is 1.55. The number of benzene rings is 1. The van der Waals surface area contributed by atoms with Crippen molar-refractivity contribution in [1.82, 2.24) is 15.1 Å². The summed E-state index contributed by atoms with van der Waals surface area (Å²) >= 11 is 0. The molecule has 0 aromatic heterocycles. The average Bonchev–Trinajstić information content (AvgIpc) is 3.47. The fourth-order valence-electron chi connectivity index (χ4n) is 4.41. The van der Waals surface area contributed by atoms with Crippen molar-refractivity contribution < 1.29 is 14.2 Å². The summed E-state index contributed by atoms with van der Waals surface area (Å²) in [5.41, 5.74) is 1.33. The predicted molar refractivity (Wildman–Crippen MR) is 120 cm³/mol. The molecular formula is C23H38N4O3. The van der Waals surface area contributed by atoms with Crippen molar-refractivity contribution >= 4 is 5.96 Å². The van der Waals surface area contributed by atoms with Gasteiger partial charge in [0.05, 0.1) is 33.0 Å². The number of likely N-dealkylation sites (tertiary alicyclic amines) is 2. The maximum absolute atomic E-state index is 5.73. The number of guanidine groups is 1. The molecule has 3 rings (SSSR count). The molecule has 1 N–H and O–H groups in total. The van der Waals surface area contributed by atoms with E-state index >= 15 is 0 Å². The van der Waals surface area contributed by atoms with Gasteiger partial charge in [-0.25, -0.2) is 0 Å². The smallest absolute Gasteiger partial charge is 0.193 e. The third-order valence-corrected chi connectivity index (χ3v) is 6.12. The number of hydrogen-bond acceptors (Lipinski definition) is 5. The lowest BCUT2D eigenvalue weighted by atomic mass is 10.1. The quantitative estimate of drug-likeness (QED) is 0.358. The maximum Gasteiger partial charge on any atom is 0.193 e. The summed E-state index contributed by atoms with van der Waals surface area (Å²) in [6.45, 7) is 7.29. The summed E-state index contributed by atoms with van der Waals surface area (Å²) in [6.07, 6.45) is 3.69. The van der Waals surface area contributed by atoms with Gasteiger partial charge in [0.2, 0.25) is 0 Å². The molecule has 0 radical (unpaired) electrons. The zero-order valence-corrected chi connectivity index (χ0v) is 18.8. The lowest BCUT2D eigenvalue weighted by Crippen LogP contribution is -2.44. The lowest BCUT2D eigenvalue weighted by Gasteiger charge is -2.30. The molecule has 2 aliphatic rings. The first-order valence-electron chi connectivity index (χ1n) is 11.2. The van der Waals surface area contributed by atoms with Crippen LogP contribution in [-0.2, 0) is 9.47 Å². The molecule has 0 aliphatic carbocycles. The maximum atomic E-state index is 5.73. The lowest BCUT2D eigenvalue weighted by molar-refractivity contribution is 0.0536. The van der Waals surface area contributed by atoms with E-state index in [-0.39, 0.29) is 0 Å². The van der Waals surface area contributed by atoms with Gasteiger partial charge in [0.1, 0.15) is 5.75 Å². The summed E-state index contributed by atoms with van der Waals surface area (Å²) in [5, 5.41) is 3.65. The molecule has 0 bridgehead atoms. The number of methoxy groups -OCH3 is 2. The van der Waals surface area contributed by atoms with Crippen molar-refractivity contribution in [3.05, 3.63) is 29.8 Å². The molecule has 0 amide bonds. The number of aliphatic imine (C=N–C) groups is 1. The molecule has 1 aromatic rings. The van der Waals surface area contributed by atoms with Gasteiger partial charge in [-0.2, -0.15) is 0 Å². The minimum absolute atomic E-state index is 0.339. The zero-order chi connectivity index (χ0) is 21.2. The van der Waals surface area contributed by atoms with E-state index in [4.69, 9.17) is 14.2 Å². The van der Waals surface area contributed by atoms with E-state index in [0.29, 0.717) is 25.2 Å². The van der Waals surface area contributed by atoms with Crippen LogP contribution in [0.15, 0.2) is 29.3 Å². The SMILES string of the molecule is CN=C(NCC(c1ccc(OC)cc1)N1CCCC1)N1CCC(COCCOC)C1. The highest BCUT2D eigenvalue weighted by molar-refractivity contribution is 5.80. The van der Waals surface area contributed by atoms with Gasteiger partial charge in [-0.3, -0.25) is 9.89 Å². The third-order valence-electron chi connectivity index (χ3n) is 6.12. The monoisotopic (exact) mass is 418 g/mol. The summed E-state index contributed by atoms with van der Waals surface area (Å²) in [6, 6.07) is 8.83. The molecule has 2 atom stereocenters. The Bertz CT molecular complexity index is 646. The molecule has 2 fully saturated rings. The Morgan fingerprint density at radius 2 is 1.90 bits per heavy atom. The minimum Gasteiger partial charge on any atom is -0.497 e. The molecule has 7 heteroatoms. The van der Waals surface area contributed by atoms with Crippen molar-refractivity contribution in [2.45, 2.75) is 25.3 Å². The first-order chi connectivity index (χ1) is 14.7. The van der Waals surface area contributed by atoms with Crippen LogP contribution in [0.1, 0.15) is 30.9 Å². The van der Waals surface area contributed by atoms with Crippen LogP contribution in [-0.4, -0.2) is 89.6 Å². The van der Waals surface area contributed by atoms with E-state index in [2.05, 4.69) is 44.4 Å². The fourth-order valence-corrected chi connectivity index (χ4v) is 4.41. The number of nitrogens with one attached hydrogen (secondary N) is 1. The van der Waals surface area contributed by atoms with Crippen molar-refractivity contribution in [2.24, 2.45) is 10.9 Å². The molecule has 2 heterocycles. The summed E-state index contributed by atoms with van der Waals surface area (Å²) in [5.74, 6) is 2.45. The standard InChI is InChI=1S/C23H38N4O3/c1-24-23(27-13-10-19(17-27)18-30-15-14-28-2)25-16-22(26-11-4-5-12-26)20-6-8-21(29-3)9-7-20/h6-9,19,22H,4-5,10-18H2,1-3H3,(H,24,25). The summed E-state index contributed by atoms with van der Waals surface area (Å²) < 4.78 is 16.1. The van der Waals surface area contributed by atoms with Crippen LogP contribution in [0.3, 0.4) is 0 Å². The van der Waals surface area contributed by atoms with Crippen molar-refractivity contribution in [2.75, 3.05) is 73.8 Å². The fraction of sp³-hybridized carbons (Fsp3) is 0.696. The van der Waals surface area contributed by atoms with Crippen molar-refractivity contribution in [3.63, 3.8) is 0 Å². The minimum atomic E-state index is 0.339. The van der Waals surface area contributed by atoms with Crippen LogP contribution in [0.4, 0.5) is 0 Å². The molecule has 2 aliphatic heterocycles. The molecule has 2 saturated heterocycles. The molecule has 0 saturated carbocycles. The third kappa shape index (κ3) is 6.33. The van der Waals surface area contributed by atoms with Gasteiger partial charge >= 0.3 is 0 Å². The number of ether oxygens (including phenoxy) is 3. The predicted octanol–water partition coefficient (Wildman–Crippen LogP) is 2.39. The Morgan fingerprint density at radius 1 is 1.13 bits per heavy atom. The Hall–Kier alpha value is -1.83. The van der Waals surface area contributed by atoms with Gasteiger partial charge in [0.15, 0.2) is 5.96 Å². The van der Waals surface area contributed by atoms with E-state index in [9.17, 15) is 0 Å². The average molecular weight is 419 g/mol. The molecule has 0 spiro atoms. The summed E-state index contributed by atoms with van der Waals surface area (Å²) in [7, 11) is 5.30. The second-order valence-electron chi connectivity index (χ2n) is 8.13. The van der Waals surface area contributed by atoms with Crippen LogP contribution in [0.2, 0.25) is 0 Å². The Labute approximate surface area is 181 Å². The number of nitrogens with zero attached hydrogens (tertiary/aromatic N) is 3. The van der Waals surface area contributed by atoms with Crippen LogP contribution < -0.4 is 10.1 Å². The van der Waals surface area contributed by atoms with Gasteiger partial charge in [0, 0.05) is 39.7 Å². The summed E-state index contributed by atoms with van der Waals surface area (Å²) in [4.78, 5) is 9.51. The van der Waals surface area contributed by atoms with Crippen LogP contribution in [0.5, 0.6) is 5.75 Å². The highest BCUT2D eigenvalue weighted by Gasteiger charge is 2.27. The van der Waals surface area contributed by atoms with Gasteiger partial charge in [-0.05, 0) is 50.0 Å². The second kappa shape index (κ2) is 12.1. The van der Waals surface area contributed by atoms with E-state index in [1.54, 1.807) is 14.2 Å². The number of hydrogen-bond donors (Lipinski definition) is 1. The van der Waals surface area contributed by atoms with Gasteiger partial charge in [-0.1, -0.05) is 12.1 Å². The highest BCUT2D eigenvalue weighted by atomic mass is 16.5. The van der Waals surface area contributed by atoms with Gasteiger partial charge in [0.25, 0.3) is 0 Å². The normalized spacial score (nSPS) is 21.2. The highest BCUT2D eigenvalue weighted by Crippen LogP contribution is 2.26. The topological polar surface area (TPSA) is 58.6 Å². The van der Waals surface area contributed by atoms with E-state index in [0.717, 1.165) is 57.5 Å². The van der Waals surface area contributed by atoms with Crippen LogP contribution in [0, 0.1) is 5.92 Å². The van der Waals surface area contributed by atoms with E-state index < -0.39 is 0 Å². The zero-order valence-electron chi connectivity index (χ0n) is 18.8.